The van der Waals surface area contributed by atoms with E-state index < -0.39 is 0 Å². The molecule has 0 aromatic heterocycles. The second-order valence-corrected chi connectivity index (χ2v) is 4.89. The number of hydrogen-bond acceptors (Lipinski definition) is 4. The summed E-state index contributed by atoms with van der Waals surface area (Å²) in [6.45, 7) is 2.38. The average molecular weight is 287 g/mol. The normalized spacial score (nSPS) is 17.2. The maximum atomic E-state index is 5.82. The number of hydrogen-bond donors (Lipinski definition) is 1. The summed E-state index contributed by atoms with van der Waals surface area (Å²) in [6.07, 6.45) is 0.304. The molecule has 5 heteroatoms. The first-order valence-corrected chi connectivity index (χ1v) is 5.93. The highest BCUT2D eigenvalue weighted by Gasteiger charge is 2.25. The minimum atomic E-state index is 0.304. The Hall–Kier alpha value is -0.620. The minimum Gasteiger partial charge on any atom is -0.487 e. The van der Waals surface area contributed by atoms with Crippen LogP contribution >= 0.6 is 15.9 Å². The molecule has 1 heterocycles. The zero-order valence-electron chi connectivity index (χ0n) is 9.15. The Balaban J connectivity index is 1.99. The molecule has 88 valence electrons. The van der Waals surface area contributed by atoms with Gasteiger partial charge in [0.15, 0.2) is 0 Å². The third kappa shape index (κ3) is 2.74. The molecule has 1 aromatic carbocycles. The van der Waals surface area contributed by atoms with E-state index in [1.54, 1.807) is 0 Å². The topological polar surface area (TPSA) is 47.7 Å². The van der Waals surface area contributed by atoms with E-state index in [0.717, 1.165) is 28.9 Å². The van der Waals surface area contributed by atoms with E-state index in [0.29, 0.717) is 12.7 Å². The van der Waals surface area contributed by atoms with Gasteiger partial charge in [0.2, 0.25) is 0 Å². The second-order valence-electron chi connectivity index (χ2n) is 4.04. The highest BCUT2D eigenvalue weighted by Crippen LogP contribution is 2.28. The molecule has 0 radical (unpaired) electrons. The lowest BCUT2D eigenvalue weighted by Crippen LogP contribution is -2.51. The first kappa shape index (κ1) is 11.9. The van der Waals surface area contributed by atoms with Gasteiger partial charge in [-0.3, -0.25) is 9.74 Å². The van der Waals surface area contributed by atoms with E-state index in [2.05, 4.69) is 32.7 Å². The number of likely N-dealkylation sites (N-methyl/N-ethyl adjacent to an activating group) is 1. The molecule has 1 fully saturated rings. The van der Waals surface area contributed by atoms with E-state index in [1.165, 1.54) is 0 Å². The summed E-state index contributed by atoms with van der Waals surface area (Å²) in [5.74, 6) is 5.90. The van der Waals surface area contributed by atoms with Gasteiger partial charge in [-0.25, -0.2) is 5.90 Å². The molecular formula is C11H15BrN2O2. The summed E-state index contributed by atoms with van der Waals surface area (Å²) in [5, 5.41) is 0. The van der Waals surface area contributed by atoms with Crippen molar-refractivity contribution < 1.29 is 9.57 Å². The van der Waals surface area contributed by atoms with Gasteiger partial charge in [0.25, 0.3) is 0 Å². The third-order valence-corrected chi connectivity index (χ3v) is 3.19. The number of nitrogens with zero attached hydrogens (tertiary/aromatic N) is 1. The van der Waals surface area contributed by atoms with Gasteiger partial charge in [-0.15, -0.1) is 0 Å². The molecule has 0 amide bonds. The van der Waals surface area contributed by atoms with Crippen molar-refractivity contribution >= 4 is 15.9 Å². The van der Waals surface area contributed by atoms with Crippen molar-refractivity contribution in [2.24, 2.45) is 5.90 Å². The fourth-order valence-corrected chi connectivity index (χ4v) is 2.24. The highest BCUT2D eigenvalue weighted by molar-refractivity contribution is 9.10. The zero-order chi connectivity index (χ0) is 11.5. The van der Waals surface area contributed by atoms with Gasteiger partial charge in [0, 0.05) is 13.1 Å². The van der Waals surface area contributed by atoms with Crippen LogP contribution in [0.1, 0.15) is 5.56 Å². The minimum absolute atomic E-state index is 0.304. The van der Waals surface area contributed by atoms with Crippen molar-refractivity contribution in [3.63, 3.8) is 0 Å². The fraction of sp³-hybridized carbons (Fsp3) is 0.455. The van der Waals surface area contributed by atoms with E-state index in [9.17, 15) is 0 Å². The number of benzene rings is 1. The van der Waals surface area contributed by atoms with Gasteiger partial charge >= 0.3 is 0 Å². The van der Waals surface area contributed by atoms with Crippen LogP contribution in [0, 0.1) is 0 Å². The van der Waals surface area contributed by atoms with Crippen molar-refractivity contribution in [1.82, 2.24) is 4.90 Å². The lowest BCUT2D eigenvalue weighted by molar-refractivity contribution is 0.0382. The predicted octanol–water partition coefficient (Wildman–Crippen LogP) is 1.53. The molecule has 1 aliphatic rings. The monoisotopic (exact) mass is 286 g/mol. The number of ether oxygens (including phenoxy) is 1. The molecule has 0 bridgehead atoms. The summed E-state index contributed by atoms with van der Waals surface area (Å²) < 4.78 is 6.77. The van der Waals surface area contributed by atoms with Crippen LogP contribution in [0.2, 0.25) is 0 Å². The lowest BCUT2D eigenvalue weighted by Gasteiger charge is -2.36. The molecule has 1 aliphatic heterocycles. The molecule has 16 heavy (non-hydrogen) atoms. The van der Waals surface area contributed by atoms with Crippen LogP contribution in [-0.4, -0.2) is 31.1 Å². The van der Waals surface area contributed by atoms with Crippen molar-refractivity contribution in [2.75, 3.05) is 20.1 Å². The van der Waals surface area contributed by atoms with E-state index >= 15 is 0 Å². The Labute approximate surface area is 103 Å². The van der Waals surface area contributed by atoms with Crippen LogP contribution in [0.15, 0.2) is 22.7 Å². The molecular weight excluding hydrogens is 272 g/mol. The van der Waals surface area contributed by atoms with Gasteiger partial charge < -0.3 is 4.74 Å². The summed E-state index contributed by atoms with van der Waals surface area (Å²) >= 11 is 3.48. The molecule has 4 nitrogen and oxygen atoms in total. The quantitative estimate of drug-likeness (QED) is 0.853. The molecule has 0 atom stereocenters. The standard InChI is InChI=1S/C11H15BrN2O2/c1-14-5-9(6-14)16-11-3-2-8(7-15-13)4-10(11)12/h2-4,9H,5-7,13H2,1H3. The Kier molecular flexibility index (Phi) is 3.81. The van der Waals surface area contributed by atoms with Crippen LogP contribution in [0.4, 0.5) is 0 Å². The van der Waals surface area contributed by atoms with Crippen LogP contribution < -0.4 is 10.6 Å². The van der Waals surface area contributed by atoms with Crippen LogP contribution in [0.3, 0.4) is 0 Å². The van der Waals surface area contributed by atoms with E-state index in [4.69, 9.17) is 10.6 Å². The Morgan fingerprint density at radius 3 is 2.81 bits per heavy atom. The largest absolute Gasteiger partial charge is 0.487 e. The van der Waals surface area contributed by atoms with Crippen LogP contribution in [0.25, 0.3) is 0 Å². The highest BCUT2D eigenvalue weighted by atomic mass is 79.9. The SMILES string of the molecule is CN1CC(Oc2ccc(CON)cc2Br)C1. The second kappa shape index (κ2) is 5.14. The van der Waals surface area contributed by atoms with Crippen LogP contribution in [0.5, 0.6) is 5.75 Å². The van der Waals surface area contributed by atoms with Crippen molar-refractivity contribution in [3.05, 3.63) is 28.2 Å². The summed E-state index contributed by atoms with van der Waals surface area (Å²) in [5.41, 5.74) is 1.02. The van der Waals surface area contributed by atoms with E-state index in [1.807, 2.05) is 18.2 Å². The average Bonchev–Trinajstić information content (AvgIpc) is 2.20. The maximum absolute atomic E-state index is 5.82. The lowest BCUT2D eigenvalue weighted by atomic mass is 10.2. The predicted molar refractivity (Wildman–Crippen MR) is 65.0 cm³/mol. The number of rotatable bonds is 4. The van der Waals surface area contributed by atoms with E-state index in [-0.39, 0.29) is 0 Å². The summed E-state index contributed by atoms with van der Waals surface area (Å²) in [7, 11) is 2.08. The Morgan fingerprint density at radius 1 is 1.50 bits per heavy atom. The van der Waals surface area contributed by atoms with Gasteiger partial charge in [-0.05, 0) is 40.7 Å². The summed E-state index contributed by atoms with van der Waals surface area (Å²) in [4.78, 5) is 6.80. The zero-order valence-corrected chi connectivity index (χ0v) is 10.7. The smallest absolute Gasteiger partial charge is 0.134 e. The van der Waals surface area contributed by atoms with Gasteiger partial charge in [-0.2, -0.15) is 0 Å². The number of nitrogens with two attached hydrogens (primary N) is 1. The van der Waals surface area contributed by atoms with Gasteiger partial charge in [0.05, 0.1) is 11.1 Å². The van der Waals surface area contributed by atoms with Gasteiger partial charge in [0.1, 0.15) is 11.9 Å². The van der Waals surface area contributed by atoms with Crippen molar-refractivity contribution in [2.45, 2.75) is 12.7 Å². The maximum Gasteiger partial charge on any atom is 0.134 e. The molecule has 0 aliphatic carbocycles. The van der Waals surface area contributed by atoms with Crippen molar-refractivity contribution in [1.29, 1.82) is 0 Å². The molecule has 2 rings (SSSR count). The van der Waals surface area contributed by atoms with Crippen LogP contribution in [-0.2, 0) is 11.4 Å². The Bertz CT molecular complexity index is 367. The Morgan fingerprint density at radius 2 is 2.25 bits per heavy atom. The molecule has 1 saturated heterocycles. The number of likely N-dealkylation sites (tertiary alicyclic amines) is 1. The molecule has 0 saturated carbocycles. The third-order valence-electron chi connectivity index (χ3n) is 2.57. The molecule has 2 N–H and O–H groups in total. The number of halogens is 1. The fourth-order valence-electron chi connectivity index (χ4n) is 1.72. The van der Waals surface area contributed by atoms with Crippen molar-refractivity contribution in [3.8, 4) is 5.75 Å². The summed E-state index contributed by atoms with van der Waals surface area (Å²) in [6, 6.07) is 5.86. The molecule has 1 aromatic rings. The first-order chi connectivity index (χ1) is 7.69. The van der Waals surface area contributed by atoms with Gasteiger partial charge in [-0.1, -0.05) is 6.07 Å². The first-order valence-electron chi connectivity index (χ1n) is 5.14. The molecule has 0 spiro atoms. The molecule has 0 unspecified atom stereocenters.